The van der Waals surface area contributed by atoms with Gasteiger partial charge in [-0.2, -0.15) is 30.0 Å². The first kappa shape index (κ1) is 27.1. The van der Waals surface area contributed by atoms with Gasteiger partial charge in [0.25, 0.3) is 10.1 Å². The third kappa shape index (κ3) is 4.19. The highest BCUT2D eigenvalue weighted by molar-refractivity contribution is 7.88. The number of ether oxygens (including phenoxy) is 2. The van der Waals surface area contributed by atoms with Crippen LogP contribution >= 0.6 is 0 Å². The third-order valence-corrected chi connectivity index (χ3v) is 9.29. The van der Waals surface area contributed by atoms with Crippen molar-refractivity contribution in [3.05, 3.63) is 0 Å². The van der Waals surface area contributed by atoms with Crippen molar-refractivity contribution in [3.63, 3.8) is 0 Å². The van der Waals surface area contributed by atoms with E-state index in [9.17, 15) is 44.0 Å². The lowest BCUT2D eigenvalue weighted by atomic mass is 9.81. The largest absolute Gasteiger partial charge is 0.456 e. The molecular formula is C18H24F4O10S2. The van der Waals surface area contributed by atoms with Crippen LogP contribution in [0.5, 0.6) is 0 Å². The predicted molar refractivity (Wildman–Crippen MR) is 103 cm³/mol. The lowest BCUT2D eigenvalue weighted by molar-refractivity contribution is -0.227. The Kier molecular flexibility index (Phi) is 5.97. The van der Waals surface area contributed by atoms with Crippen LogP contribution in [0.4, 0.5) is 17.6 Å². The Bertz CT molecular complexity index is 1110. The first-order valence-electron chi connectivity index (χ1n) is 10.1. The van der Waals surface area contributed by atoms with Gasteiger partial charge in [-0.3, -0.25) is 9.35 Å². The monoisotopic (exact) mass is 540 g/mol. The Morgan fingerprint density at radius 3 is 2.12 bits per heavy atom. The standard InChI is InChI=1S/C18H24F4O10S2/c1-14(2,8-15(3,4)30-13(24)17(19,18(20,21)22)34(27,28)29)12(23)31-16-7-9-5-10(16)11(6-9)33(25,26)32-16/h9-11H,5-8H2,1-4H3,(H,27,28,29). The second-order valence-electron chi connectivity index (χ2n) is 10.2. The molecule has 3 aliphatic rings. The maximum Gasteiger partial charge on any atom is 0.451 e. The van der Waals surface area contributed by atoms with Crippen molar-refractivity contribution < 1.29 is 62.2 Å². The molecule has 0 radical (unpaired) electrons. The topological polar surface area (TPSA) is 150 Å². The molecule has 0 aromatic rings. The Labute approximate surface area is 193 Å². The van der Waals surface area contributed by atoms with E-state index in [1.807, 2.05) is 0 Å². The molecule has 1 saturated heterocycles. The van der Waals surface area contributed by atoms with Crippen molar-refractivity contribution in [1.29, 1.82) is 0 Å². The summed E-state index contributed by atoms with van der Waals surface area (Å²) in [4.78, 5) is 24.9. The fourth-order valence-corrected chi connectivity index (χ4v) is 7.76. The first-order valence-corrected chi connectivity index (χ1v) is 13.0. The van der Waals surface area contributed by atoms with Gasteiger partial charge in [-0.25, -0.2) is 13.4 Å². The zero-order chi connectivity index (χ0) is 26.3. The Balaban J connectivity index is 1.76. The number of carbonyl (C=O) groups excluding carboxylic acids is 2. The van der Waals surface area contributed by atoms with Crippen LogP contribution in [0.25, 0.3) is 0 Å². The summed E-state index contributed by atoms with van der Waals surface area (Å²) >= 11 is 0. The zero-order valence-electron chi connectivity index (χ0n) is 18.5. The number of alkyl halides is 4. The molecule has 10 nitrogen and oxygen atoms in total. The lowest BCUT2D eigenvalue weighted by Crippen LogP contribution is -2.56. The molecule has 34 heavy (non-hydrogen) atoms. The minimum Gasteiger partial charge on any atom is -0.456 e. The molecule has 3 rings (SSSR count). The molecule has 0 aromatic heterocycles. The van der Waals surface area contributed by atoms with Crippen LogP contribution in [0, 0.1) is 17.3 Å². The molecule has 0 aromatic carbocycles. The fourth-order valence-electron chi connectivity index (χ4n) is 5.24. The second-order valence-corrected chi connectivity index (χ2v) is 13.5. The average molecular weight is 541 g/mol. The van der Waals surface area contributed by atoms with Gasteiger partial charge in [-0.15, -0.1) is 0 Å². The third-order valence-electron chi connectivity index (χ3n) is 6.41. The molecular weight excluding hydrogens is 516 g/mol. The van der Waals surface area contributed by atoms with Gasteiger partial charge in [0, 0.05) is 18.8 Å². The summed E-state index contributed by atoms with van der Waals surface area (Å²) in [6.07, 6.45) is -5.93. The number of fused-ring (bicyclic) bond motifs is 1. The summed E-state index contributed by atoms with van der Waals surface area (Å²) in [5, 5.41) is -6.55. The number of esters is 2. The van der Waals surface area contributed by atoms with E-state index in [0.717, 1.165) is 13.8 Å². The molecule has 196 valence electrons. The van der Waals surface area contributed by atoms with Gasteiger partial charge in [-0.1, -0.05) is 0 Å². The number of rotatable bonds is 7. The summed E-state index contributed by atoms with van der Waals surface area (Å²) in [5.41, 5.74) is -3.70. The van der Waals surface area contributed by atoms with E-state index in [0.29, 0.717) is 12.8 Å². The van der Waals surface area contributed by atoms with E-state index >= 15 is 0 Å². The summed E-state index contributed by atoms with van der Waals surface area (Å²) in [5.74, 6) is -6.24. The molecule has 3 fully saturated rings. The summed E-state index contributed by atoms with van der Waals surface area (Å²) in [6.45, 7) is 4.49. The van der Waals surface area contributed by atoms with Crippen molar-refractivity contribution in [1.82, 2.24) is 0 Å². The van der Waals surface area contributed by atoms with Crippen molar-refractivity contribution in [2.75, 3.05) is 0 Å². The summed E-state index contributed by atoms with van der Waals surface area (Å²) in [6, 6.07) is 0. The number of halogens is 4. The van der Waals surface area contributed by atoms with E-state index in [2.05, 4.69) is 4.74 Å². The molecule has 16 heteroatoms. The molecule has 0 amide bonds. The van der Waals surface area contributed by atoms with Gasteiger partial charge in [0.05, 0.1) is 10.7 Å². The minimum atomic E-state index is -6.62. The molecule has 2 saturated carbocycles. The molecule has 2 aliphatic carbocycles. The molecule has 5 unspecified atom stereocenters. The number of carbonyl (C=O) groups is 2. The molecule has 0 spiro atoms. The van der Waals surface area contributed by atoms with Crippen molar-refractivity contribution in [2.45, 2.75) is 81.2 Å². The average Bonchev–Trinajstić information content (AvgIpc) is 3.17. The maximum absolute atomic E-state index is 14.2. The highest BCUT2D eigenvalue weighted by Crippen LogP contribution is 2.61. The van der Waals surface area contributed by atoms with E-state index in [1.165, 1.54) is 13.8 Å². The van der Waals surface area contributed by atoms with Gasteiger partial charge < -0.3 is 9.47 Å². The summed E-state index contributed by atoms with van der Waals surface area (Å²) in [7, 11) is -10.6. The predicted octanol–water partition coefficient (Wildman–Crippen LogP) is 2.24. The van der Waals surface area contributed by atoms with Crippen LogP contribution in [0.1, 0.15) is 53.4 Å². The van der Waals surface area contributed by atoms with E-state index in [1.54, 1.807) is 0 Å². The molecule has 2 bridgehead atoms. The minimum absolute atomic E-state index is 0.0268. The van der Waals surface area contributed by atoms with E-state index < -0.39 is 77.7 Å². The molecule has 5 atom stereocenters. The van der Waals surface area contributed by atoms with Gasteiger partial charge >= 0.3 is 33.2 Å². The Morgan fingerprint density at radius 1 is 1.09 bits per heavy atom. The van der Waals surface area contributed by atoms with Gasteiger partial charge in [-0.05, 0) is 46.5 Å². The maximum atomic E-state index is 14.2. The van der Waals surface area contributed by atoms with Gasteiger partial charge in [0.1, 0.15) is 5.60 Å². The van der Waals surface area contributed by atoms with Gasteiger partial charge in [0.2, 0.25) is 5.79 Å². The van der Waals surface area contributed by atoms with Crippen LogP contribution in [-0.4, -0.2) is 61.1 Å². The quantitative estimate of drug-likeness (QED) is 0.220. The zero-order valence-corrected chi connectivity index (χ0v) is 20.1. The van der Waals surface area contributed by atoms with E-state index in [4.69, 9.17) is 13.5 Å². The normalized spacial score (nSPS) is 32.3. The Hall–Kier alpha value is -1.52. The SMILES string of the molecule is CC(C)(CC(C)(C)C(=O)OC12CC3CC1C(C3)S(=O)(=O)O2)OC(=O)C(F)(C(F)(F)F)S(=O)(=O)O. The smallest absolute Gasteiger partial charge is 0.451 e. The summed E-state index contributed by atoms with van der Waals surface area (Å²) < 4.78 is 124. The molecule has 1 heterocycles. The van der Waals surface area contributed by atoms with E-state index in [-0.39, 0.29) is 12.3 Å². The second kappa shape index (κ2) is 7.49. The van der Waals surface area contributed by atoms with Crippen molar-refractivity contribution >= 4 is 32.2 Å². The van der Waals surface area contributed by atoms with Crippen molar-refractivity contribution in [2.24, 2.45) is 17.3 Å². The van der Waals surface area contributed by atoms with Crippen LogP contribution in [-0.2, 0) is 43.5 Å². The fraction of sp³-hybridized carbons (Fsp3) is 0.889. The van der Waals surface area contributed by atoms with Crippen molar-refractivity contribution in [3.8, 4) is 0 Å². The first-order chi connectivity index (χ1) is 15.0. The van der Waals surface area contributed by atoms with Gasteiger partial charge in [0.15, 0.2) is 0 Å². The van der Waals surface area contributed by atoms with Crippen LogP contribution < -0.4 is 0 Å². The number of hydrogen-bond donors (Lipinski definition) is 1. The highest BCUT2D eigenvalue weighted by Gasteiger charge is 2.73. The molecule has 1 N–H and O–H groups in total. The highest BCUT2D eigenvalue weighted by atomic mass is 32.2. The van der Waals surface area contributed by atoms with Crippen LogP contribution in [0.3, 0.4) is 0 Å². The van der Waals surface area contributed by atoms with Crippen LogP contribution in [0.2, 0.25) is 0 Å². The number of hydrogen-bond acceptors (Lipinski definition) is 9. The Morgan fingerprint density at radius 2 is 1.65 bits per heavy atom. The lowest BCUT2D eigenvalue weighted by Gasteiger charge is -2.37. The molecule has 1 aliphatic heterocycles. The van der Waals surface area contributed by atoms with Crippen LogP contribution in [0.15, 0.2) is 0 Å².